The summed E-state index contributed by atoms with van der Waals surface area (Å²) >= 11 is 0. The highest BCUT2D eigenvalue weighted by atomic mass is 16.6. The topological polar surface area (TPSA) is 76.7 Å². The summed E-state index contributed by atoms with van der Waals surface area (Å²) in [5, 5.41) is 5.87. The second-order valence-corrected chi connectivity index (χ2v) is 7.99. The van der Waals surface area contributed by atoms with Gasteiger partial charge in [-0.1, -0.05) is 32.8 Å². The van der Waals surface area contributed by atoms with E-state index in [1.807, 2.05) is 19.9 Å². The van der Waals surface area contributed by atoms with Crippen LogP contribution in [0.2, 0.25) is 0 Å². The van der Waals surface area contributed by atoms with Crippen molar-refractivity contribution in [2.45, 2.75) is 57.9 Å². The van der Waals surface area contributed by atoms with Crippen molar-refractivity contribution in [1.82, 2.24) is 10.6 Å². The number of nitrogens with one attached hydrogen (secondary N) is 2. The summed E-state index contributed by atoms with van der Waals surface area (Å²) in [5.74, 6) is 1.29. The second-order valence-electron chi connectivity index (χ2n) is 7.99. The molecule has 3 rings (SSSR count). The molecule has 2 N–H and O–H groups in total. The Labute approximate surface area is 161 Å². The van der Waals surface area contributed by atoms with Gasteiger partial charge < -0.3 is 20.1 Å². The van der Waals surface area contributed by atoms with E-state index in [9.17, 15) is 9.59 Å². The molecule has 27 heavy (non-hydrogen) atoms. The average molecular weight is 374 g/mol. The summed E-state index contributed by atoms with van der Waals surface area (Å²) in [6.07, 6.45) is 4.34. The molecule has 1 unspecified atom stereocenters. The SMILES string of the molecule is CC(=O)NC(C(=O)NCC1(c2ccc3c(c2)OCCO3)CCCC1)C(C)C. The third kappa shape index (κ3) is 4.37. The van der Waals surface area contributed by atoms with Crippen molar-refractivity contribution in [3.63, 3.8) is 0 Å². The predicted octanol–water partition coefficient (Wildman–Crippen LogP) is 2.55. The fraction of sp³-hybridized carbons (Fsp3) is 0.619. The predicted molar refractivity (Wildman–Crippen MR) is 103 cm³/mol. The number of fused-ring (bicyclic) bond motifs is 1. The molecule has 1 heterocycles. The minimum Gasteiger partial charge on any atom is -0.486 e. The number of carbonyl (C=O) groups excluding carboxylic acids is 2. The van der Waals surface area contributed by atoms with Gasteiger partial charge in [-0.15, -0.1) is 0 Å². The van der Waals surface area contributed by atoms with Gasteiger partial charge in [-0.05, 0) is 36.5 Å². The first-order valence-corrected chi connectivity index (χ1v) is 9.86. The Bertz CT molecular complexity index is 695. The van der Waals surface area contributed by atoms with E-state index in [1.54, 1.807) is 0 Å². The molecule has 1 aromatic carbocycles. The van der Waals surface area contributed by atoms with Crippen molar-refractivity contribution >= 4 is 11.8 Å². The molecule has 2 aliphatic rings. The van der Waals surface area contributed by atoms with Crippen LogP contribution in [-0.2, 0) is 15.0 Å². The number of carbonyl (C=O) groups is 2. The maximum Gasteiger partial charge on any atom is 0.242 e. The standard InChI is InChI=1S/C21H30N2O4/c1-14(2)19(23-15(3)24)20(25)22-13-21(8-4-5-9-21)16-6-7-17-18(12-16)27-11-10-26-17/h6-7,12,14,19H,4-5,8-11,13H2,1-3H3,(H,22,25)(H,23,24). The summed E-state index contributed by atoms with van der Waals surface area (Å²) in [7, 11) is 0. The molecule has 1 saturated carbocycles. The number of ether oxygens (including phenoxy) is 2. The number of amides is 2. The van der Waals surface area contributed by atoms with Gasteiger partial charge in [0.2, 0.25) is 11.8 Å². The van der Waals surface area contributed by atoms with E-state index in [0.717, 1.165) is 37.2 Å². The van der Waals surface area contributed by atoms with Crippen LogP contribution in [0.3, 0.4) is 0 Å². The van der Waals surface area contributed by atoms with Gasteiger partial charge in [0, 0.05) is 18.9 Å². The highest BCUT2D eigenvalue weighted by Crippen LogP contribution is 2.43. The van der Waals surface area contributed by atoms with Crippen LogP contribution in [0.1, 0.15) is 52.0 Å². The van der Waals surface area contributed by atoms with Crippen LogP contribution >= 0.6 is 0 Å². The molecule has 0 saturated heterocycles. The van der Waals surface area contributed by atoms with Crippen molar-refractivity contribution in [3.8, 4) is 11.5 Å². The molecule has 6 nitrogen and oxygen atoms in total. The molecular weight excluding hydrogens is 344 g/mol. The van der Waals surface area contributed by atoms with E-state index < -0.39 is 6.04 Å². The summed E-state index contributed by atoms with van der Waals surface area (Å²) in [6.45, 7) is 7.02. The van der Waals surface area contributed by atoms with Crippen LogP contribution in [0.5, 0.6) is 11.5 Å². The Morgan fingerprint density at radius 2 is 1.78 bits per heavy atom. The van der Waals surface area contributed by atoms with Crippen molar-refractivity contribution in [2.75, 3.05) is 19.8 Å². The fourth-order valence-electron chi connectivity index (χ4n) is 4.11. The maximum atomic E-state index is 12.7. The van der Waals surface area contributed by atoms with Crippen LogP contribution in [0.15, 0.2) is 18.2 Å². The molecule has 0 spiro atoms. The third-order valence-corrected chi connectivity index (χ3v) is 5.62. The van der Waals surface area contributed by atoms with E-state index >= 15 is 0 Å². The monoisotopic (exact) mass is 374 g/mol. The molecule has 1 aliphatic heterocycles. The van der Waals surface area contributed by atoms with Gasteiger partial charge in [0.25, 0.3) is 0 Å². The fourth-order valence-corrected chi connectivity index (χ4v) is 4.11. The molecule has 0 bridgehead atoms. The van der Waals surface area contributed by atoms with Crippen LogP contribution in [-0.4, -0.2) is 37.6 Å². The maximum absolute atomic E-state index is 12.7. The highest BCUT2D eigenvalue weighted by molar-refractivity contribution is 5.87. The van der Waals surface area contributed by atoms with Crippen LogP contribution < -0.4 is 20.1 Å². The average Bonchev–Trinajstić information content (AvgIpc) is 3.13. The number of rotatable bonds is 6. The Kier molecular flexibility index (Phi) is 5.92. The van der Waals surface area contributed by atoms with Crippen LogP contribution in [0.4, 0.5) is 0 Å². The van der Waals surface area contributed by atoms with Gasteiger partial charge in [-0.2, -0.15) is 0 Å². The van der Waals surface area contributed by atoms with Gasteiger partial charge in [-0.25, -0.2) is 0 Å². The van der Waals surface area contributed by atoms with Crippen molar-refractivity contribution in [1.29, 1.82) is 0 Å². The van der Waals surface area contributed by atoms with E-state index in [2.05, 4.69) is 22.8 Å². The Balaban J connectivity index is 1.75. The molecule has 1 aromatic rings. The number of hydrogen-bond acceptors (Lipinski definition) is 4. The Morgan fingerprint density at radius 3 is 2.41 bits per heavy atom. The zero-order chi connectivity index (χ0) is 19.4. The van der Waals surface area contributed by atoms with Crippen molar-refractivity contribution in [3.05, 3.63) is 23.8 Å². The van der Waals surface area contributed by atoms with Gasteiger partial charge in [0.15, 0.2) is 11.5 Å². The molecule has 1 fully saturated rings. The first-order valence-electron chi connectivity index (χ1n) is 9.86. The molecule has 6 heteroatoms. The smallest absolute Gasteiger partial charge is 0.242 e. The zero-order valence-electron chi connectivity index (χ0n) is 16.5. The summed E-state index contributed by atoms with van der Waals surface area (Å²) in [4.78, 5) is 24.1. The number of hydrogen-bond donors (Lipinski definition) is 2. The first-order chi connectivity index (χ1) is 12.9. The van der Waals surface area contributed by atoms with Gasteiger partial charge in [0.1, 0.15) is 19.3 Å². The van der Waals surface area contributed by atoms with Crippen molar-refractivity contribution < 1.29 is 19.1 Å². The Morgan fingerprint density at radius 1 is 1.11 bits per heavy atom. The molecular formula is C21H30N2O4. The van der Waals surface area contributed by atoms with Crippen molar-refractivity contribution in [2.24, 2.45) is 5.92 Å². The van der Waals surface area contributed by atoms with Gasteiger partial charge in [0.05, 0.1) is 0 Å². The summed E-state index contributed by atoms with van der Waals surface area (Å²) < 4.78 is 11.4. The number of benzene rings is 1. The van der Waals surface area contributed by atoms with E-state index in [1.165, 1.54) is 12.5 Å². The van der Waals surface area contributed by atoms with E-state index in [-0.39, 0.29) is 23.1 Å². The molecule has 2 amide bonds. The quantitative estimate of drug-likeness (QED) is 0.802. The van der Waals surface area contributed by atoms with E-state index in [0.29, 0.717) is 19.8 Å². The second kappa shape index (κ2) is 8.19. The van der Waals surface area contributed by atoms with Crippen LogP contribution in [0.25, 0.3) is 0 Å². The summed E-state index contributed by atoms with van der Waals surface area (Å²) in [5.41, 5.74) is 1.09. The lowest BCUT2D eigenvalue weighted by molar-refractivity contribution is -0.129. The molecule has 0 aromatic heterocycles. The molecule has 1 atom stereocenters. The molecule has 1 aliphatic carbocycles. The minimum absolute atomic E-state index is 0.0303. The normalized spacial score (nSPS) is 18.8. The zero-order valence-corrected chi connectivity index (χ0v) is 16.5. The first kappa shape index (κ1) is 19.5. The van der Waals surface area contributed by atoms with Crippen LogP contribution in [0, 0.1) is 5.92 Å². The molecule has 0 radical (unpaired) electrons. The summed E-state index contributed by atoms with van der Waals surface area (Å²) in [6, 6.07) is 5.62. The third-order valence-electron chi connectivity index (χ3n) is 5.62. The largest absolute Gasteiger partial charge is 0.486 e. The lowest BCUT2D eigenvalue weighted by atomic mass is 9.78. The lowest BCUT2D eigenvalue weighted by Crippen LogP contribution is -2.51. The van der Waals surface area contributed by atoms with E-state index in [4.69, 9.17) is 9.47 Å². The lowest BCUT2D eigenvalue weighted by Gasteiger charge is -2.32. The Hall–Kier alpha value is -2.24. The van der Waals surface area contributed by atoms with Gasteiger partial charge in [-0.3, -0.25) is 9.59 Å². The molecule has 148 valence electrons. The van der Waals surface area contributed by atoms with Gasteiger partial charge >= 0.3 is 0 Å². The minimum atomic E-state index is -0.513. The highest BCUT2D eigenvalue weighted by Gasteiger charge is 2.37.